The zero-order chi connectivity index (χ0) is 20.1. The number of carbonyl (C=O) groups excluding carboxylic acids is 1. The zero-order valence-corrected chi connectivity index (χ0v) is 18.4. The van der Waals surface area contributed by atoms with E-state index in [1.807, 2.05) is 41.3 Å². The maximum atomic E-state index is 13.7. The number of benzene rings is 2. The minimum Gasteiger partial charge on any atom is -0.497 e. The maximum Gasteiger partial charge on any atom is 0.259 e. The molecular formula is C21H19NO3S3. The van der Waals surface area contributed by atoms with Crippen molar-refractivity contribution < 1.29 is 14.3 Å². The SMILES string of the molecule is COc1cccc(C(=O)N2c3cc(OC)ccc3-c3c(ssc3=S)C2(C)C)c1. The average Bonchev–Trinajstić information content (AvgIpc) is 3.10. The predicted molar refractivity (Wildman–Crippen MR) is 118 cm³/mol. The molecule has 0 radical (unpaired) electrons. The normalized spacial score (nSPS) is 14.2. The van der Waals surface area contributed by atoms with Crippen LogP contribution in [-0.4, -0.2) is 20.1 Å². The van der Waals surface area contributed by atoms with Crippen molar-refractivity contribution >= 4 is 44.5 Å². The van der Waals surface area contributed by atoms with Crippen LogP contribution in [0.2, 0.25) is 0 Å². The van der Waals surface area contributed by atoms with E-state index in [4.69, 9.17) is 21.7 Å². The number of ether oxygens (including phenoxy) is 2. The smallest absolute Gasteiger partial charge is 0.259 e. The molecule has 0 N–H and O–H groups in total. The minimum absolute atomic E-state index is 0.0895. The van der Waals surface area contributed by atoms with Crippen LogP contribution in [0.4, 0.5) is 5.69 Å². The van der Waals surface area contributed by atoms with Crippen molar-refractivity contribution in [1.82, 2.24) is 0 Å². The Morgan fingerprint density at radius 2 is 1.75 bits per heavy atom. The summed E-state index contributed by atoms with van der Waals surface area (Å²) in [7, 11) is 6.44. The van der Waals surface area contributed by atoms with Crippen LogP contribution in [0.15, 0.2) is 42.5 Å². The minimum atomic E-state index is -0.549. The average molecular weight is 430 g/mol. The van der Waals surface area contributed by atoms with Gasteiger partial charge in [0.1, 0.15) is 15.3 Å². The molecule has 1 amide bonds. The van der Waals surface area contributed by atoms with Gasteiger partial charge in [-0.3, -0.25) is 9.69 Å². The van der Waals surface area contributed by atoms with Gasteiger partial charge in [0.15, 0.2) is 0 Å². The number of methoxy groups -OCH3 is 2. The highest BCUT2D eigenvalue weighted by atomic mass is 32.9. The fourth-order valence-corrected chi connectivity index (χ4v) is 6.86. The molecule has 4 rings (SSSR count). The number of anilines is 1. The molecule has 0 unspecified atom stereocenters. The highest BCUT2D eigenvalue weighted by molar-refractivity contribution is 7.80. The molecule has 1 aromatic heterocycles. The fourth-order valence-electron chi connectivity index (χ4n) is 3.58. The summed E-state index contributed by atoms with van der Waals surface area (Å²) in [5, 5.41) is 0. The molecule has 28 heavy (non-hydrogen) atoms. The molecule has 1 aliphatic rings. The van der Waals surface area contributed by atoms with E-state index >= 15 is 0 Å². The summed E-state index contributed by atoms with van der Waals surface area (Å²) in [6.45, 7) is 4.12. The molecule has 144 valence electrons. The van der Waals surface area contributed by atoms with Crippen molar-refractivity contribution in [2.75, 3.05) is 19.1 Å². The van der Waals surface area contributed by atoms with Gasteiger partial charge in [-0.2, -0.15) is 0 Å². The van der Waals surface area contributed by atoms with Gasteiger partial charge in [0.25, 0.3) is 5.91 Å². The zero-order valence-electron chi connectivity index (χ0n) is 15.9. The molecule has 0 aliphatic carbocycles. The lowest BCUT2D eigenvalue weighted by Crippen LogP contribution is -2.47. The fraction of sp³-hybridized carbons (Fsp3) is 0.238. The maximum absolute atomic E-state index is 13.7. The predicted octanol–water partition coefficient (Wildman–Crippen LogP) is 6.12. The molecule has 4 nitrogen and oxygen atoms in total. The lowest BCUT2D eigenvalue weighted by molar-refractivity contribution is 0.0961. The van der Waals surface area contributed by atoms with Crippen LogP contribution in [0.5, 0.6) is 11.5 Å². The van der Waals surface area contributed by atoms with Crippen molar-refractivity contribution in [3.63, 3.8) is 0 Å². The second kappa shape index (κ2) is 6.99. The summed E-state index contributed by atoms with van der Waals surface area (Å²) in [6, 6.07) is 13.0. The van der Waals surface area contributed by atoms with Gasteiger partial charge in [0.05, 0.1) is 30.3 Å². The Morgan fingerprint density at radius 1 is 1.04 bits per heavy atom. The Balaban J connectivity index is 1.96. The molecule has 0 fully saturated rings. The van der Waals surface area contributed by atoms with Crippen molar-refractivity contribution in [3.05, 3.63) is 56.7 Å². The van der Waals surface area contributed by atoms with Gasteiger partial charge in [-0.25, -0.2) is 0 Å². The number of fused-ring (bicyclic) bond motifs is 3. The monoisotopic (exact) mass is 429 g/mol. The third kappa shape index (κ3) is 2.85. The van der Waals surface area contributed by atoms with Crippen molar-refractivity contribution in [2.24, 2.45) is 0 Å². The molecule has 2 aromatic carbocycles. The van der Waals surface area contributed by atoms with Gasteiger partial charge in [-0.15, -0.1) is 0 Å². The van der Waals surface area contributed by atoms with Crippen LogP contribution in [0.3, 0.4) is 0 Å². The molecule has 7 heteroatoms. The topological polar surface area (TPSA) is 38.8 Å². The van der Waals surface area contributed by atoms with E-state index in [2.05, 4.69) is 13.8 Å². The van der Waals surface area contributed by atoms with Crippen LogP contribution in [0.25, 0.3) is 11.1 Å². The van der Waals surface area contributed by atoms with E-state index in [9.17, 15) is 4.79 Å². The summed E-state index contributed by atoms with van der Waals surface area (Å²) < 4.78 is 11.6. The van der Waals surface area contributed by atoms with Crippen molar-refractivity contribution in [3.8, 4) is 22.6 Å². The molecule has 2 heterocycles. The molecule has 1 aliphatic heterocycles. The lowest BCUT2D eigenvalue weighted by Gasteiger charge is -2.43. The first kappa shape index (κ1) is 19.1. The summed E-state index contributed by atoms with van der Waals surface area (Å²) in [6.07, 6.45) is 0. The highest BCUT2D eigenvalue weighted by Crippen LogP contribution is 2.53. The van der Waals surface area contributed by atoms with E-state index in [1.165, 1.54) is 0 Å². The van der Waals surface area contributed by atoms with E-state index in [0.29, 0.717) is 17.1 Å². The van der Waals surface area contributed by atoms with Crippen LogP contribution in [0, 0.1) is 3.82 Å². The van der Waals surface area contributed by atoms with Gasteiger partial charge in [0, 0.05) is 22.8 Å². The summed E-state index contributed by atoms with van der Waals surface area (Å²) in [5.74, 6) is 1.26. The Hall–Kier alpha value is -2.22. The number of amides is 1. The van der Waals surface area contributed by atoms with Crippen LogP contribution >= 0.6 is 32.9 Å². The lowest BCUT2D eigenvalue weighted by atomic mass is 9.86. The van der Waals surface area contributed by atoms with Gasteiger partial charge < -0.3 is 9.47 Å². The van der Waals surface area contributed by atoms with Crippen molar-refractivity contribution in [2.45, 2.75) is 19.4 Å². The van der Waals surface area contributed by atoms with Gasteiger partial charge in [0.2, 0.25) is 0 Å². The Bertz CT molecular complexity index is 1130. The van der Waals surface area contributed by atoms with E-state index < -0.39 is 5.54 Å². The molecule has 0 spiro atoms. The Morgan fingerprint density at radius 3 is 2.46 bits per heavy atom. The second-order valence-corrected chi connectivity index (χ2v) is 9.79. The van der Waals surface area contributed by atoms with E-state index in [1.54, 1.807) is 41.0 Å². The quantitative estimate of drug-likeness (QED) is 0.371. The summed E-state index contributed by atoms with van der Waals surface area (Å²) in [4.78, 5) is 16.6. The third-order valence-electron chi connectivity index (χ3n) is 4.98. The molecular weight excluding hydrogens is 410 g/mol. The first-order valence-electron chi connectivity index (χ1n) is 8.69. The Labute approximate surface area is 176 Å². The first-order chi connectivity index (χ1) is 13.4. The standard InChI is InChI=1S/C21H19NO3S3/c1-21(2)18-17(20(26)28-27-18)15-9-8-14(25-4)11-16(15)22(21)19(23)12-6-5-7-13(10-12)24-3/h5-11H,1-4H3. The van der Waals surface area contributed by atoms with E-state index in [0.717, 1.165) is 25.5 Å². The molecule has 0 bridgehead atoms. The summed E-state index contributed by atoms with van der Waals surface area (Å²) >= 11 is 5.62. The molecule has 0 saturated carbocycles. The highest BCUT2D eigenvalue weighted by Gasteiger charge is 2.43. The number of hydrogen-bond acceptors (Lipinski definition) is 6. The first-order valence-corrected chi connectivity index (χ1v) is 11.2. The molecule has 0 atom stereocenters. The van der Waals surface area contributed by atoms with E-state index in [-0.39, 0.29) is 5.91 Å². The van der Waals surface area contributed by atoms with Crippen molar-refractivity contribution in [1.29, 1.82) is 0 Å². The number of hydrogen-bond donors (Lipinski definition) is 0. The third-order valence-corrected chi connectivity index (χ3v) is 8.31. The van der Waals surface area contributed by atoms with Gasteiger partial charge in [-0.1, -0.05) is 39.0 Å². The largest absolute Gasteiger partial charge is 0.497 e. The molecule has 0 saturated heterocycles. The number of carbonyl (C=O) groups is 1. The molecule has 3 aromatic rings. The van der Waals surface area contributed by atoms with Crippen LogP contribution in [0.1, 0.15) is 29.1 Å². The van der Waals surface area contributed by atoms with Crippen LogP contribution < -0.4 is 14.4 Å². The number of nitrogens with zero attached hydrogens (tertiary/aromatic N) is 1. The second-order valence-electron chi connectivity index (χ2n) is 6.97. The number of rotatable bonds is 3. The van der Waals surface area contributed by atoms with Crippen LogP contribution in [-0.2, 0) is 5.54 Å². The summed E-state index contributed by atoms with van der Waals surface area (Å²) in [5.41, 5.74) is 2.86. The Kier molecular flexibility index (Phi) is 4.77. The van der Waals surface area contributed by atoms with Gasteiger partial charge in [-0.05, 0) is 44.2 Å². The van der Waals surface area contributed by atoms with Gasteiger partial charge >= 0.3 is 0 Å².